The monoisotopic (exact) mass is 416 g/mol. The fraction of sp³-hybridized carbons (Fsp3) is 0.579. The third-order valence-electron chi connectivity index (χ3n) is 5.22. The van der Waals surface area contributed by atoms with Crippen LogP contribution in [0.25, 0.3) is 6.08 Å². The third-order valence-corrected chi connectivity index (χ3v) is 5.22. The first-order valence-electron chi connectivity index (χ1n) is 9.33. The molecule has 1 aromatic rings. The Hall–Kier alpha value is -1.34. The largest absolute Gasteiger partial charge is 0.366 e. The number of nitrogens with one attached hydrogen (secondary N) is 2. The van der Waals surface area contributed by atoms with Crippen LogP contribution in [-0.2, 0) is 4.79 Å². The summed E-state index contributed by atoms with van der Waals surface area (Å²) >= 11 is 0. The summed E-state index contributed by atoms with van der Waals surface area (Å²) in [6, 6.07) is 5.08. The van der Waals surface area contributed by atoms with E-state index in [1.165, 1.54) is 57.6 Å². The summed E-state index contributed by atoms with van der Waals surface area (Å²) in [5.41, 5.74) is 2.39. The number of carbonyl (C=O) groups is 1. The molecule has 1 aromatic heterocycles. The lowest BCUT2D eigenvalue weighted by Gasteiger charge is -2.40. The van der Waals surface area contributed by atoms with Crippen LogP contribution in [0.3, 0.4) is 0 Å². The maximum Gasteiger partial charge on any atom is 0.267 e. The average Bonchev–Trinajstić information content (AvgIpc) is 2.68. The van der Waals surface area contributed by atoms with Crippen molar-refractivity contribution in [2.75, 3.05) is 18.4 Å². The van der Waals surface area contributed by atoms with E-state index in [0.717, 1.165) is 24.0 Å². The van der Waals surface area contributed by atoms with Crippen molar-refractivity contribution in [1.29, 1.82) is 0 Å². The fourth-order valence-electron chi connectivity index (χ4n) is 3.91. The van der Waals surface area contributed by atoms with Crippen molar-refractivity contribution in [3.63, 3.8) is 0 Å². The summed E-state index contributed by atoms with van der Waals surface area (Å²) < 4.78 is 0. The molecule has 2 heterocycles. The first-order valence-corrected chi connectivity index (χ1v) is 9.33. The molecule has 2 aliphatic rings. The first kappa shape index (κ1) is 23.7. The van der Waals surface area contributed by atoms with Gasteiger partial charge in [0.05, 0.1) is 0 Å². The maximum atomic E-state index is 11.0. The highest BCUT2D eigenvalue weighted by atomic mass is 35.5. The molecule has 0 spiro atoms. The van der Waals surface area contributed by atoms with Gasteiger partial charge in [0.2, 0.25) is 0 Å². The normalized spacial score (nSPS) is 21.1. The summed E-state index contributed by atoms with van der Waals surface area (Å²) in [6.45, 7) is 2.33. The molecule has 1 saturated carbocycles. The van der Waals surface area contributed by atoms with Gasteiger partial charge >= 0.3 is 0 Å². The van der Waals surface area contributed by atoms with Crippen LogP contribution in [-0.4, -0.2) is 46.2 Å². The van der Waals surface area contributed by atoms with E-state index in [4.69, 9.17) is 5.21 Å². The fourth-order valence-corrected chi connectivity index (χ4v) is 3.91. The molecule has 0 unspecified atom stereocenters. The molecule has 1 saturated heterocycles. The highest BCUT2D eigenvalue weighted by Crippen LogP contribution is 2.26. The van der Waals surface area contributed by atoms with Gasteiger partial charge in [-0.3, -0.25) is 14.9 Å². The number of likely N-dealkylation sites (tertiary alicyclic amines) is 1. The van der Waals surface area contributed by atoms with Gasteiger partial charge < -0.3 is 5.32 Å². The molecule has 0 radical (unpaired) electrons. The second-order valence-corrected chi connectivity index (χ2v) is 7.06. The first-order chi connectivity index (χ1) is 12.2. The minimum absolute atomic E-state index is 0. The Morgan fingerprint density at radius 3 is 2.59 bits per heavy atom. The molecule has 8 heteroatoms. The lowest BCUT2D eigenvalue weighted by atomic mass is 9.92. The highest BCUT2D eigenvalue weighted by Gasteiger charge is 2.26. The Labute approximate surface area is 173 Å². The average molecular weight is 417 g/mol. The van der Waals surface area contributed by atoms with Gasteiger partial charge in [-0.1, -0.05) is 19.3 Å². The van der Waals surface area contributed by atoms with E-state index >= 15 is 0 Å². The standard InChI is InChI=1S/C19H28N4O2.2ClH/c24-19(22-25)11-9-15-8-10-18(20-13-15)21-16-5-4-12-23(14-16)17-6-2-1-3-7-17;;/h8-11,13,16-17,25H,1-7,12,14H2,(H,20,21)(H,22,24);2*1H/b11-9+;;/t16-;;/m1../s1. The topological polar surface area (TPSA) is 77.5 Å². The number of hydrogen-bond acceptors (Lipinski definition) is 5. The Kier molecular flexibility index (Phi) is 10.7. The third kappa shape index (κ3) is 7.30. The van der Waals surface area contributed by atoms with Crippen LogP contribution in [0.4, 0.5) is 5.82 Å². The summed E-state index contributed by atoms with van der Waals surface area (Å²) in [4.78, 5) is 18.1. The summed E-state index contributed by atoms with van der Waals surface area (Å²) in [6.07, 6.45) is 13.9. The van der Waals surface area contributed by atoms with Crippen LogP contribution in [0, 0.1) is 0 Å². The molecule has 1 aliphatic heterocycles. The molecule has 1 aliphatic carbocycles. The number of rotatable bonds is 5. The van der Waals surface area contributed by atoms with Crippen molar-refractivity contribution < 1.29 is 10.0 Å². The molecule has 1 amide bonds. The van der Waals surface area contributed by atoms with Crippen molar-refractivity contribution in [2.24, 2.45) is 0 Å². The van der Waals surface area contributed by atoms with Gasteiger partial charge in [-0.15, -0.1) is 24.8 Å². The van der Waals surface area contributed by atoms with Crippen molar-refractivity contribution in [3.05, 3.63) is 30.0 Å². The second kappa shape index (κ2) is 12.2. The summed E-state index contributed by atoms with van der Waals surface area (Å²) in [5, 5.41) is 12.0. The lowest BCUT2D eigenvalue weighted by molar-refractivity contribution is -0.124. The van der Waals surface area contributed by atoms with Gasteiger partial charge in [-0.05, 0) is 56.0 Å². The molecular weight excluding hydrogens is 387 g/mol. The quantitative estimate of drug-likeness (QED) is 0.387. The Bertz CT molecular complexity index is 592. The molecule has 1 atom stereocenters. The van der Waals surface area contributed by atoms with Gasteiger partial charge in [-0.25, -0.2) is 10.5 Å². The number of hydroxylamine groups is 1. The molecule has 6 nitrogen and oxygen atoms in total. The maximum absolute atomic E-state index is 11.0. The lowest BCUT2D eigenvalue weighted by Crippen LogP contribution is -2.47. The van der Waals surface area contributed by atoms with Crippen LogP contribution in [0.5, 0.6) is 0 Å². The number of pyridine rings is 1. The van der Waals surface area contributed by atoms with Crippen LogP contribution in [0.2, 0.25) is 0 Å². The van der Waals surface area contributed by atoms with Crippen LogP contribution in [0.15, 0.2) is 24.4 Å². The van der Waals surface area contributed by atoms with Gasteiger partial charge in [0.25, 0.3) is 5.91 Å². The van der Waals surface area contributed by atoms with Gasteiger partial charge in [0, 0.05) is 30.9 Å². The second-order valence-electron chi connectivity index (χ2n) is 7.06. The van der Waals surface area contributed by atoms with Crippen LogP contribution < -0.4 is 10.8 Å². The molecule has 2 fully saturated rings. The predicted molar refractivity (Wildman–Crippen MR) is 113 cm³/mol. The SMILES string of the molecule is Cl.Cl.O=C(/C=C/c1ccc(N[C@@H]2CCCN(C3CCCCC3)C2)nc1)NO. The van der Waals surface area contributed by atoms with Crippen molar-refractivity contribution in [3.8, 4) is 0 Å². The summed E-state index contributed by atoms with van der Waals surface area (Å²) in [5.74, 6) is 0.325. The molecule has 0 bridgehead atoms. The van der Waals surface area contributed by atoms with E-state index in [9.17, 15) is 4.79 Å². The van der Waals surface area contributed by atoms with Crippen LogP contribution >= 0.6 is 24.8 Å². The highest BCUT2D eigenvalue weighted by molar-refractivity contribution is 5.90. The summed E-state index contributed by atoms with van der Waals surface area (Å²) in [7, 11) is 0. The molecule has 27 heavy (non-hydrogen) atoms. The zero-order valence-electron chi connectivity index (χ0n) is 15.5. The minimum Gasteiger partial charge on any atom is -0.366 e. The van der Waals surface area contributed by atoms with E-state index in [1.54, 1.807) is 17.8 Å². The zero-order chi connectivity index (χ0) is 17.5. The Balaban J connectivity index is 0.00000182. The van der Waals surface area contributed by atoms with Crippen molar-refractivity contribution >= 4 is 42.6 Å². The minimum atomic E-state index is -0.549. The molecule has 3 rings (SSSR count). The zero-order valence-corrected chi connectivity index (χ0v) is 17.1. The predicted octanol–water partition coefficient (Wildman–Crippen LogP) is 3.65. The Morgan fingerprint density at radius 1 is 1.15 bits per heavy atom. The number of aromatic nitrogens is 1. The number of carbonyl (C=O) groups excluding carboxylic acids is 1. The number of amides is 1. The van der Waals surface area contributed by atoms with E-state index in [2.05, 4.69) is 15.2 Å². The number of halogens is 2. The van der Waals surface area contributed by atoms with Gasteiger partial charge in [0.15, 0.2) is 0 Å². The van der Waals surface area contributed by atoms with E-state index in [1.807, 2.05) is 12.1 Å². The molecule has 3 N–H and O–H groups in total. The number of piperidine rings is 1. The molecular formula is C19H30Cl2N4O2. The van der Waals surface area contributed by atoms with E-state index in [-0.39, 0.29) is 24.8 Å². The van der Waals surface area contributed by atoms with Gasteiger partial charge in [0.1, 0.15) is 5.82 Å². The smallest absolute Gasteiger partial charge is 0.267 e. The molecule has 152 valence electrons. The number of nitrogens with zero attached hydrogens (tertiary/aromatic N) is 2. The van der Waals surface area contributed by atoms with Crippen molar-refractivity contribution in [2.45, 2.75) is 57.0 Å². The van der Waals surface area contributed by atoms with Gasteiger partial charge in [-0.2, -0.15) is 0 Å². The molecule has 0 aromatic carbocycles. The Morgan fingerprint density at radius 2 is 1.93 bits per heavy atom. The van der Waals surface area contributed by atoms with Crippen molar-refractivity contribution in [1.82, 2.24) is 15.4 Å². The van der Waals surface area contributed by atoms with E-state index < -0.39 is 5.91 Å². The van der Waals surface area contributed by atoms with E-state index in [0.29, 0.717) is 6.04 Å². The number of anilines is 1. The number of hydrogen-bond donors (Lipinski definition) is 3. The van der Waals surface area contributed by atoms with Crippen LogP contribution in [0.1, 0.15) is 50.5 Å².